The van der Waals surface area contributed by atoms with E-state index in [2.05, 4.69) is 12.6 Å². The fourth-order valence-electron chi connectivity index (χ4n) is 3.39. The van der Waals surface area contributed by atoms with Gasteiger partial charge in [-0.1, -0.05) is 6.58 Å². The molecule has 0 aromatic rings. The monoisotopic (exact) mass is 233 g/mol. The van der Waals surface area contributed by atoms with E-state index >= 15 is 0 Å². The third kappa shape index (κ3) is 2.52. The van der Waals surface area contributed by atoms with Crippen LogP contribution in [0.1, 0.15) is 32.6 Å². The van der Waals surface area contributed by atoms with E-state index in [0.717, 1.165) is 12.8 Å². The van der Waals surface area contributed by atoms with Gasteiger partial charge in [0.05, 0.1) is 12.7 Å². The van der Waals surface area contributed by atoms with Gasteiger partial charge >= 0.3 is 5.97 Å². The summed E-state index contributed by atoms with van der Waals surface area (Å²) in [5, 5.41) is 8.73. The molecule has 17 heavy (non-hydrogen) atoms. The van der Waals surface area contributed by atoms with E-state index in [1.54, 1.807) is 6.92 Å². The molecular weight excluding hydrogens is 214 g/mol. The zero-order valence-electron chi connectivity index (χ0n) is 10.3. The summed E-state index contributed by atoms with van der Waals surface area (Å²) in [5.74, 6) is 2.18. The van der Waals surface area contributed by atoms with Crippen LogP contribution in [0, 0.1) is 35.0 Å². The van der Waals surface area contributed by atoms with Gasteiger partial charge in [0.15, 0.2) is 0 Å². The minimum absolute atomic E-state index is 0.277. The van der Waals surface area contributed by atoms with Gasteiger partial charge in [-0.3, -0.25) is 0 Å². The highest BCUT2D eigenvalue weighted by molar-refractivity contribution is 5.86. The van der Waals surface area contributed by atoms with E-state index in [1.165, 1.54) is 6.42 Å². The minimum Gasteiger partial charge on any atom is -0.462 e. The number of nitrogens with zero attached hydrogens (tertiary/aromatic N) is 1. The summed E-state index contributed by atoms with van der Waals surface area (Å²) in [5.41, 5.74) is 0.468. The first kappa shape index (κ1) is 12.2. The number of hydrogen-bond donors (Lipinski definition) is 0. The summed E-state index contributed by atoms with van der Waals surface area (Å²) in [7, 11) is 0. The first-order chi connectivity index (χ1) is 8.11. The van der Waals surface area contributed by atoms with Gasteiger partial charge < -0.3 is 4.74 Å². The molecule has 3 unspecified atom stereocenters. The lowest BCUT2D eigenvalue weighted by Crippen LogP contribution is -2.23. The second kappa shape index (κ2) is 4.91. The van der Waals surface area contributed by atoms with E-state index in [-0.39, 0.29) is 5.97 Å². The van der Waals surface area contributed by atoms with Crippen LogP contribution in [-0.4, -0.2) is 12.6 Å². The quantitative estimate of drug-likeness (QED) is 0.554. The Balaban J connectivity index is 1.79. The maximum Gasteiger partial charge on any atom is 0.333 e. The van der Waals surface area contributed by atoms with E-state index in [4.69, 9.17) is 10.00 Å². The Hall–Kier alpha value is -1.30. The van der Waals surface area contributed by atoms with Gasteiger partial charge in [0.2, 0.25) is 0 Å². The Morgan fingerprint density at radius 2 is 2.00 bits per heavy atom. The Morgan fingerprint density at radius 1 is 1.35 bits per heavy atom. The van der Waals surface area contributed by atoms with Crippen LogP contribution in [-0.2, 0) is 9.53 Å². The van der Waals surface area contributed by atoms with Crippen LogP contribution in [0.4, 0.5) is 0 Å². The van der Waals surface area contributed by atoms with E-state index in [0.29, 0.717) is 42.3 Å². The van der Waals surface area contributed by atoms with E-state index < -0.39 is 0 Å². The smallest absolute Gasteiger partial charge is 0.333 e. The first-order valence-electron chi connectivity index (χ1n) is 6.31. The first-order valence-corrected chi connectivity index (χ1v) is 6.31. The van der Waals surface area contributed by atoms with Crippen molar-refractivity contribution in [2.24, 2.45) is 23.7 Å². The Morgan fingerprint density at radius 3 is 2.53 bits per heavy atom. The fraction of sp³-hybridized carbons (Fsp3) is 0.714. The molecule has 2 bridgehead atoms. The molecular formula is C14H19NO2. The van der Waals surface area contributed by atoms with Crippen molar-refractivity contribution >= 4 is 5.97 Å². The number of carbonyl (C=O) groups is 1. The van der Waals surface area contributed by atoms with Crippen molar-refractivity contribution in [1.29, 1.82) is 5.26 Å². The number of rotatable bonds is 4. The summed E-state index contributed by atoms with van der Waals surface area (Å²) in [4.78, 5) is 11.3. The van der Waals surface area contributed by atoms with Gasteiger partial charge in [-0.05, 0) is 49.9 Å². The molecule has 3 heteroatoms. The molecule has 2 aliphatic rings. The maximum absolute atomic E-state index is 11.3. The second-order valence-corrected chi connectivity index (χ2v) is 5.49. The molecule has 0 radical (unpaired) electrons. The van der Waals surface area contributed by atoms with Crippen molar-refractivity contribution in [2.75, 3.05) is 6.61 Å². The van der Waals surface area contributed by atoms with Gasteiger partial charge in [-0.15, -0.1) is 0 Å². The third-order valence-corrected chi connectivity index (χ3v) is 4.28. The second-order valence-electron chi connectivity index (χ2n) is 5.49. The molecule has 0 N–H and O–H groups in total. The molecule has 0 heterocycles. The van der Waals surface area contributed by atoms with Crippen LogP contribution < -0.4 is 0 Å². The summed E-state index contributed by atoms with van der Waals surface area (Å²) < 4.78 is 5.23. The van der Waals surface area contributed by atoms with Crippen molar-refractivity contribution in [1.82, 2.24) is 0 Å². The van der Waals surface area contributed by atoms with Gasteiger partial charge in [-0.25, -0.2) is 4.79 Å². The molecule has 0 saturated heterocycles. The molecule has 2 rings (SSSR count). The number of nitriles is 1. The molecule has 0 amide bonds. The third-order valence-electron chi connectivity index (χ3n) is 4.28. The van der Waals surface area contributed by atoms with Crippen LogP contribution in [0.2, 0.25) is 0 Å². The largest absolute Gasteiger partial charge is 0.462 e. The Bertz CT molecular complexity index is 369. The molecule has 0 aromatic heterocycles. The summed E-state index contributed by atoms with van der Waals surface area (Å²) in [6.07, 6.45) is 4.19. The number of ether oxygens (including phenoxy) is 1. The van der Waals surface area contributed by atoms with Gasteiger partial charge in [0.25, 0.3) is 0 Å². The zero-order chi connectivity index (χ0) is 12.4. The molecule has 4 atom stereocenters. The zero-order valence-corrected chi connectivity index (χ0v) is 10.3. The predicted octanol–water partition coefficient (Wildman–Crippen LogP) is 2.68. The van der Waals surface area contributed by atoms with Crippen molar-refractivity contribution < 1.29 is 9.53 Å². The van der Waals surface area contributed by atoms with Crippen LogP contribution in [0.5, 0.6) is 0 Å². The highest BCUT2D eigenvalue weighted by Gasteiger charge is 2.45. The average Bonchev–Trinajstić information content (AvgIpc) is 2.85. The minimum atomic E-state index is -0.277. The molecule has 0 spiro atoms. The Labute approximate surface area is 102 Å². The lowest BCUT2D eigenvalue weighted by atomic mass is 9.81. The molecule has 0 aromatic carbocycles. The van der Waals surface area contributed by atoms with Crippen molar-refractivity contribution in [3.05, 3.63) is 12.2 Å². The summed E-state index contributed by atoms with van der Waals surface area (Å²) >= 11 is 0. The molecule has 3 nitrogen and oxygen atoms in total. The highest BCUT2D eigenvalue weighted by atomic mass is 16.5. The van der Waals surface area contributed by atoms with Crippen LogP contribution >= 0.6 is 0 Å². The topological polar surface area (TPSA) is 50.1 Å². The number of carbonyl (C=O) groups excluding carboxylic acids is 1. The lowest BCUT2D eigenvalue weighted by Gasteiger charge is -2.26. The van der Waals surface area contributed by atoms with Gasteiger partial charge in [-0.2, -0.15) is 5.26 Å². The average molecular weight is 233 g/mol. The summed E-state index contributed by atoms with van der Waals surface area (Å²) in [6.45, 7) is 5.78. The van der Waals surface area contributed by atoms with Crippen LogP contribution in [0.25, 0.3) is 0 Å². The van der Waals surface area contributed by atoms with Crippen LogP contribution in [0.15, 0.2) is 12.2 Å². The molecule has 2 aliphatic carbocycles. The fourth-order valence-corrected chi connectivity index (χ4v) is 3.39. The SMILES string of the molecule is C=C(C)C(=O)OCC1CC2C[C@H]1CC2CC#N. The van der Waals surface area contributed by atoms with Gasteiger partial charge in [0, 0.05) is 12.0 Å². The van der Waals surface area contributed by atoms with Crippen LogP contribution in [0.3, 0.4) is 0 Å². The molecule has 92 valence electrons. The van der Waals surface area contributed by atoms with E-state index in [1.807, 2.05) is 0 Å². The highest BCUT2D eigenvalue weighted by Crippen LogP contribution is 2.52. The van der Waals surface area contributed by atoms with Crippen molar-refractivity contribution in [3.8, 4) is 6.07 Å². The van der Waals surface area contributed by atoms with Crippen molar-refractivity contribution in [2.45, 2.75) is 32.6 Å². The Kier molecular flexibility index (Phi) is 3.51. The maximum atomic E-state index is 11.3. The number of esters is 1. The summed E-state index contributed by atoms with van der Waals surface area (Å²) in [6, 6.07) is 2.28. The number of fused-ring (bicyclic) bond motifs is 2. The number of hydrogen-bond acceptors (Lipinski definition) is 3. The standard InChI is InChI=1S/C14H19NO2/c1-9(2)14(16)17-8-13-7-11-6-12(13)5-10(11)3-4-15/h10-13H,1,3,5-8H2,2H3/t10?,11?,12-,13?/m1/s1. The molecule has 2 fully saturated rings. The molecule has 0 aliphatic heterocycles. The van der Waals surface area contributed by atoms with Crippen molar-refractivity contribution in [3.63, 3.8) is 0 Å². The lowest BCUT2D eigenvalue weighted by molar-refractivity contribution is -0.140. The normalized spacial score (nSPS) is 34.4. The molecule has 2 saturated carbocycles. The van der Waals surface area contributed by atoms with E-state index in [9.17, 15) is 4.79 Å². The van der Waals surface area contributed by atoms with Gasteiger partial charge in [0.1, 0.15) is 0 Å². The predicted molar refractivity (Wildman–Crippen MR) is 63.8 cm³/mol.